The van der Waals surface area contributed by atoms with Crippen LogP contribution in [-0.4, -0.2) is 40.1 Å². The Kier molecular flexibility index (Phi) is 7.57. The van der Waals surface area contributed by atoms with Gasteiger partial charge in [0.05, 0.1) is 22.0 Å². The lowest BCUT2D eigenvalue weighted by Crippen LogP contribution is -2.51. The largest absolute Gasteiger partial charge is 0.311 e. The van der Waals surface area contributed by atoms with Gasteiger partial charge in [-0.25, -0.2) is 5.01 Å². The molecular formula is C30H33Cl2N3O. The molecule has 1 aromatic heterocycles. The number of unbranched alkanes of at least 4 members (excludes halogenated alkanes) is 1. The third-order valence-corrected chi connectivity index (χ3v) is 7.83. The molecule has 0 bridgehead atoms. The lowest BCUT2D eigenvalue weighted by atomic mass is 10.0. The number of hydrogen-bond acceptors (Lipinski definition) is 2. The Labute approximate surface area is 224 Å². The Morgan fingerprint density at radius 3 is 2.42 bits per heavy atom. The summed E-state index contributed by atoms with van der Waals surface area (Å²) in [7, 11) is 0. The molecule has 6 heteroatoms. The molecule has 1 saturated heterocycles. The Morgan fingerprint density at radius 2 is 1.72 bits per heavy atom. The van der Waals surface area contributed by atoms with Gasteiger partial charge >= 0.3 is 0 Å². The molecule has 0 N–H and O–H groups in total. The van der Waals surface area contributed by atoms with Gasteiger partial charge in [0.2, 0.25) is 0 Å². The van der Waals surface area contributed by atoms with Crippen LogP contribution in [0.25, 0.3) is 23.0 Å². The van der Waals surface area contributed by atoms with Crippen molar-refractivity contribution in [3.05, 3.63) is 81.0 Å². The quantitative estimate of drug-likeness (QED) is 0.329. The predicted molar refractivity (Wildman–Crippen MR) is 150 cm³/mol. The molecule has 0 aliphatic carbocycles. The van der Waals surface area contributed by atoms with Crippen LogP contribution in [0.4, 0.5) is 0 Å². The number of fused-ring (bicyclic) bond motifs is 1. The van der Waals surface area contributed by atoms with E-state index in [1.165, 1.54) is 12.0 Å². The van der Waals surface area contributed by atoms with Gasteiger partial charge in [-0.3, -0.25) is 9.80 Å². The number of nitrogens with zero attached hydrogens (tertiary/aromatic N) is 3. The van der Waals surface area contributed by atoms with E-state index >= 15 is 0 Å². The van der Waals surface area contributed by atoms with Gasteiger partial charge in [-0.15, -0.1) is 0 Å². The number of aromatic nitrogens is 1. The smallest absolute Gasteiger partial charge is 0.270 e. The van der Waals surface area contributed by atoms with E-state index in [2.05, 4.69) is 59.8 Å². The highest BCUT2D eigenvalue weighted by Gasteiger charge is 2.36. The van der Waals surface area contributed by atoms with Crippen molar-refractivity contribution in [2.24, 2.45) is 0 Å². The second kappa shape index (κ2) is 10.8. The molecule has 3 aromatic rings. The van der Waals surface area contributed by atoms with Gasteiger partial charge in [-0.1, -0.05) is 79.4 Å². The van der Waals surface area contributed by atoms with Gasteiger partial charge < -0.3 is 4.57 Å². The number of benzene rings is 2. The molecule has 0 saturated carbocycles. The number of hydrazine groups is 1. The summed E-state index contributed by atoms with van der Waals surface area (Å²) in [6.07, 6.45) is 10.9. The number of rotatable bonds is 6. The first-order chi connectivity index (χ1) is 17.5. The molecule has 0 radical (unpaired) electrons. The number of amides is 1. The van der Waals surface area contributed by atoms with E-state index in [9.17, 15) is 4.79 Å². The zero-order chi connectivity index (χ0) is 25.2. The molecule has 188 valence electrons. The summed E-state index contributed by atoms with van der Waals surface area (Å²) in [5, 5.41) is 5.40. The molecule has 3 heterocycles. The van der Waals surface area contributed by atoms with E-state index in [4.69, 9.17) is 23.2 Å². The lowest BCUT2D eigenvalue weighted by Gasteiger charge is -2.39. The average Bonchev–Trinajstić information content (AvgIpc) is 3.18. The van der Waals surface area contributed by atoms with Crippen LogP contribution in [0.5, 0.6) is 0 Å². The van der Waals surface area contributed by atoms with Crippen molar-refractivity contribution in [2.75, 3.05) is 19.6 Å². The van der Waals surface area contributed by atoms with Crippen LogP contribution in [0.2, 0.25) is 10.0 Å². The van der Waals surface area contributed by atoms with Gasteiger partial charge in [-0.05, 0) is 61.1 Å². The van der Waals surface area contributed by atoms with Crippen LogP contribution in [0.3, 0.4) is 0 Å². The van der Waals surface area contributed by atoms with Crippen LogP contribution in [0, 0.1) is 6.92 Å². The highest BCUT2D eigenvalue weighted by molar-refractivity contribution is 6.35. The maximum Gasteiger partial charge on any atom is 0.270 e. The van der Waals surface area contributed by atoms with Crippen molar-refractivity contribution >= 4 is 35.2 Å². The molecule has 36 heavy (non-hydrogen) atoms. The number of hydrogen-bond donors (Lipinski definition) is 0. The van der Waals surface area contributed by atoms with Crippen molar-refractivity contribution in [1.29, 1.82) is 0 Å². The second-order valence-corrected chi connectivity index (χ2v) is 10.6. The number of carbonyl (C=O) groups is 1. The average molecular weight is 523 g/mol. The number of carbonyl (C=O) groups excluding carboxylic acids is 1. The standard InChI is InChI=1S/C30H33Cl2N3O/c1-3-4-6-9-22-10-12-23(13-11-22)29-21(2)28-27(35(29)26-15-14-24(31)20-25(26)32)16-19-34(30(28)36)33-17-7-5-8-18-33/h6,9-15,20H,3-5,7-8,16-19H2,1-2H3. The fourth-order valence-electron chi connectivity index (χ4n) is 5.51. The van der Waals surface area contributed by atoms with Crippen LogP contribution in [0.1, 0.15) is 66.2 Å². The zero-order valence-electron chi connectivity index (χ0n) is 21.1. The first-order valence-corrected chi connectivity index (χ1v) is 13.8. The molecular weight excluding hydrogens is 489 g/mol. The summed E-state index contributed by atoms with van der Waals surface area (Å²) in [5.41, 5.74) is 6.94. The van der Waals surface area contributed by atoms with E-state index in [0.29, 0.717) is 16.6 Å². The molecule has 2 aliphatic heterocycles. The second-order valence-electron chi connectivity index (χ2n) is 9.73. The summed E-state index contributed by atoms with van der Waals surface area (Å²) < 4.78 is 2.19. The minimum absolute atomic E-state index is 0.0971. The maximum absolute atomic E-state index is 13.9. The molecule has 5 rings (SSSR count). The van der Waals surface area contributed by atoms with E-state index < -0.39 is 0 Å². The number of halogens is 2. The summed E-state index contributed by atoms with van der Waals surface area (Å²) >= 11 is 13.0. The normalized spacial score (nSPS) is 16.7. The molecule has 0 spiro atoms. The van der Waals surface area contributed by atoms with Crippen molar-refractivity contribution in [1.82, 2.24) is 14.6 Å². The van der Waals surface area contributed by atoms with Crippen LogP contribution in [0.15, 0.2) is 48.5 Å². The minimum atomic E-state index is 0.0971. The molecule has 2 aromatic carbocycles. The Morgan fingerprint density at radius 1 is 0.972 bits per heavy atom. The van der Waals surface area contributed by atoms with Crippen molar-refractivity contribution < 1.29 is 4.79 Å². The monoisotopic (exact) mass is 521 g/mol. The summed E-state index contributed by atoms with van der Waals surface area (Å²) in [4.78, 5) is 13.9. The fourth-order valence-corrected chi connectivity index (χ4v) is 6.01. The fraction of sp³-hybridized carbons (Fsp3) is 0.367. The van der Waals surface area contributed by atoms with Crippen LogP contribution < -0.4 is 0 Å². The Bertz CT molecular complexity index is 1290. The summed E-state index contributed by atoms with van der Waals surface area (Å²) in [6.45, 7) is 6.83. The lowest BCUT2D eigenvalue weighted by molar-refractivity contribution is -0.0237. The van der Waals surface area contributed by atoms with Crippen molar-refractivity contribution in [2.45, 2.75) is 52.4 Å². The van der Waals surface area contributed by atoms with Crippen LogP contribution in [-0.2, 0) is 6.42 Å². The molecule has 1 amide bonds. The summed E-state index contributed by atoms with van der Waals surface area (Å²) in [5.74, 6) is 0.0971. The van der Waals surface area contributed by atoms with Crippen molar-refractivity contribution in [3.63, 3.8) is 0 Å². The first-order valence-electron chi connectivity index (χ1n) is 13.0. The minimum Gasteiger partial charge on any atom is -0.311 e. The highest BCUT2D eigenvalue weighted by Crippen LogP contribution is 2.40. The van der Waals surface area contributed by atoms with Gasteiger partial charge in [0.25, 0.3) is 5.91 Å². The van der Waals surface area contributed by atoms with Gasteiger partial charge in [0.1, 0.15) is 0 Å². The molecule has 4 nitrogen and oxygen atoms in total. The number of allylic oxidation sites excluding steroid dienone is 1. The Balaban J connectivity index is 1.63. The SMILES string of the molecule is CCCC=Cc1ccc(-c2c(C)c3c(n2-c2ccc(Cl)cc2Cl)CCN(N2CCCCC2)C3=O)cc1. The summed E-state index contributed by atoms with van der Waals surface area (Å²) in [6, 6.07) is 14.2. The third kappa shape index (κ3) is 4.74. The third-order valence-electron chi connectivity index (χ3n) is 7.30. The molecule has 2 aliphatic rings. The van der Waals surface area contributed by atoms with Gasteiger partial charge in [0.15, 0.2) is 0 Å². The maximum atomic E-state index is 13.9. The van der Waals surface area contributed by atoms with E-state index in [1.54, 1.807) is 6.07 Å². The van der Waals surface area contributed by atoms with Crippen LogP contribution >= 0.6 is 23.2 Å². The van der Waals surface area contributed by atoms with Crippen molar-refractivity contribution in [3.8, 4) is 16.9 Å². The van der Waals surface area contributed by atoms with E-state index in [-0.39, 0.29) is 5.91 Å². The molecule has 0 unspecified atom stereocenters. The predicted octanol–water partition coefficient (Wildman–Crippen LogP) is 7.97. The van der Waals surface area contributed by atoms with E-state index in [1.807, 2.05) is 17.1 Å². The first kappa shape index (κ1) is 25.1. The topological polar surface area (TPSA) is 28.5 Å². The van der Waals surface area contributed by atoms with E-state index in [0.717, 1.165) is 79.0 Å². The highest BCUT2D eigenvalue weighted by atomic mass is 35.5. The Hall–Kier alpha value is -2.53. The number of piperidine rings is 1. The zero-order valence-corrected chi connectivity index (χ0v) is 22.6. The molecule has 0 atom stereocenters. The van der Waals surface area contributed by atoms with Gasteiger partial charge in [0, 0.05) is 36.8 Å². The molecule has 1 fully saturated rings. The van der Waals surface area contributed by atoms with Gasteiger partial charge in [-0.2, -0.15) is 0 Å².